The highest BCUT2D eigenvalue weighted by molar-refractivity contribution is 6.65. The van der Waals surface area contributed by atoms with Crippen LogP contribution in [0, 0.1) is 0 Å². The van der Waals surface area contributed by atoms with Crippen LogP contribution in [0.4, 0.5) is 110 Å². The topological polar surface area (TPSA) is 55.4 Å². The summed E-state index contributed by atoms with van der Waals surface area (Å²) in [6.45, 7) is -2.56. The van der Waals surface area contributed by atoms with Crippen molar-refractivity contribution in [2.45, 2.75) is 119 Å². The van der Waals surface area contributed by atoms with Crippen molar-refractivity contribution in [3.05, 3.63) is 0 Å². The van der Waals surface area contributed by atoms with Gasteiger partial charge in [0.25, 0.3) is 5.04 Å². The average Bonchev–Trinajstić information content (AvgIpc) is 2.99. The van der Waals surface area contributed by atoms with Crippen LogP contribution in [0.15, 0.2) is 0 Å². The number of hydrogen-bond donors (Lipinski definition) is 0. The SMILES string of the molecule is CCO[Si](OCC)(OCC)C(C(F)(F)F)(C(F)(F)F)C(F)(F)C(F)(F)C(C)(F)F.CCO[Si](OCC)(OCC)C(F)(F)C(F)(F)C(F)(F)C(F)(F)C(F)(F)C(F)(F)F. The van der Waals surface area contributed by atoms with Gasteiger partial charge < -0.3 is 26.6 Å². The third-order valence-electron chi connectivity index (χ3n) is 7.05. The minimum atomic E-state index is -7.99. The standard InChI is InChI=1S/C13H18F12O3Si.C12H15F13O3Si/c1-5-26-29(27-6-2,28-7-3)9(12(20,21)22,13(23,24)25)11(18,19)10(16,17)8(4,14)15;1-4-26-29(27-5-2,28-6-3)12(24,25)10(19,20)8(15,16)7(13,14)9(17,18)11(21,22)23/h5-7H2,1-4H3;4-6H2,1-3H3. The van der Waals surface area contributed by atoms with E-state index in [1.54, 1.807) is 0 Å². The van der Waals surface area contributed by atoms with Gasteiger partial charge in [0.05, 0.1) is 0 Å². The maximum absolute atomic E-state index is 14.6. The van der Waals surface area contributed by atoms with E-state index >= 15 is 0 Å². The van der Waals surface area contributed by atoms with Crippen LogP contribution in [-0.2, 0) is 26.6 Å². The summed E-state index contributed by atoms with van der Waals surface area (Å²) in [5, 5.41) is -6.91. The predicted molar refractivity (Wildman–Crippen MR) is 147 cm³/mol. The summed E-state index contributed by atoms with van der Waals surface area (Å²) >= 11 is 0. The second-order valence-corrected chi connectivity index (χ2v) is 16.2. The summed E-state index contributed by atoms with van der Waals surface area (Å²) in [5.74, 6) is -51.9. The summed E-state index contributed by atoms with van der Waals surface area (Å²) in [6, 6.07) is 0. The molecule has 33 heteroatoms. The second kappa shape index (κ2) is 18.4. The van der Waals surface area contributed by atoms with Gasteiger partial charge in [0.2, 0.25) is 0 Å². The summed E-state index contributed by atoms with van der Waals surface area (Å²) in [5.41, 5.74) is -6.55. The van der Waals surface area contributed by atoms with E-state index in [-0.39, 0.29) is 0 Å². The highest BCUT2D eigenvalue weighted by atomic mass is 28.4. The van der Waals surface area contributed by atoms with E-state index in [2.05, 4.69) is 26.6 Å². The molecule has 0 amide bonds. The molecule has 0 bridgehead atoms. The summed E-state index contributed by atoms with van der Waals surface area (Å²) < 4.78 is 364. The van der Waals surface area contributed by atoms with Crippen LogP contribution in [0.2, 0.25) is 5.04 Å². The number of hydrogen-bond acceptors (Lipinski definition) is 6. The second-order valence-electron chi connectivity index (χ2n) is 10.9. The third kappa shape index (κ3) is 9.14. The van der Waals surface area contributed by atoms with E-state index < -0.39 is 135 Å². The van der Waals surface area contributed by atoms with E-state index in [1.165, 1.54) is 0 Å². The van der Waals surface area contributed by atoms with E-state index in [9.17, 15) is 110 Å². The highest BCUT2D eigenvalue weighted by Crippen LogP contribution is 2.74. The van der Waals surface area contributed by atoms with Gasteiger partial charge in [-0.3, -0.25) is 0 Å². The molecular formula is C25H33F25O6Si2. The summed E-state index contributed by atoms with van der Waals surface area (Å²) in [6.07, 6.45) is -22.1. The Kier molecular flexibility index (Phi) is 18.6. The normalized spacial score (nSPS) is 15.7. The summed E-state index contributed by atoms with van der Waals surface area (Å²) in [4.78, 5) is 0. The Labute approximate surface area is 313 Å². The molecule has 0 saturated carbocycles. The molecular weight excluding hydrogens is 927 g/mol. The minimum Gasteiger partial charge on any atom is -0.373 e. The molecule has 0 aliphatic heterocycles. The Morgan fingerprint density at radius 2 is 0.534 bits per heavy atom. The molecule has 0 N–H and O–H groups in total. The number of rotatable bonds is 21. The van der Waals surface area contributed by atoms with E-state index in [1.807, 2.05) is 0 Å². The lowest BCUT2D eigenvalue weighted by Gasteiger charge is -2.51. The van der Waals surface area contributed by atoms with Gasteiger partial charge in [-0.2, -0.15) is 110 Å². The molecule has 0 atom stereocenters. The molecule has 0 radical (unpaired) electrons. The quantitative estimate of drug-likeness (QED) is 0.0844. The number of alkyl halides is 25. The van der Waals surface area contributed by atoms with Crippen molar-refractivity contribution in [3.63, 3.8) is 0 Å². The Morgan fingerprint density at radius 1 is 0.293 bits per heavy atom. The van der Waals surface area contributed by atoms with Crippen LogP contribution in [-0.4, -0.2) is 123 Å². The van der Waals surface area contributed by atoms with Gasteiger partial charge in [-0.15, -0.1) is 0 Å². The maximum Gasteiger partial charge on any atom is 0.582 e. The Morgan fingerprint density at radius 3 is 0.741 bits per heavy atom. The van der Waals surface area contributed by atoms with Gasteiger partial charge >= 0.3 is 83.1 Å². The first-order valence-electron chi connectivity index (χ1n) is 15.4. The molecule has 0 spiro atoms. The van der Waals surface area contributed by atoms with Crippen molar-refractivity contribution in [2.75, 3.05) is 39.6 Å². The van der Waals surface area contributed by atoms with Gasteiger partial charge in [0, 0.05) is 46.6 Å². The van der Waals surface area contributed by atoms with Crippen molar-refractivity contribution in [1.29, 1.82) is 0 Å². The van der Waals surface area contributed by atoms with Crippen LogP contribution in [0.3, 0.4) is 0 Å². The third-order valence-corrected chi connectivity index (χ3v) is 13.9. The fourth-order valence-corrected chi connectivity index (χ4v) is 10.3. The molecule has 0 aromatic heterocycles. The zero-order chi connectivity index (χ0) is 47.5. The summed E-state index contributed by atoms with van der Waals surface area (Å²) in [7, 11) is -13.4. The van der Waals surface area contributed by atoms with E-state index in [0.717, 1.165) is 41.5 Å². The first-order valence-corrected chi connectivity index (χ1v) is 18.9. The van der Waals surface area contributed by atoms with Gasteiger partial charge in [0.15, 0.2) is 0 Å². The monoisotopic (exact) mass is 960 g/mol. The van der Waals surface area contributed by atoms with E-state index in [0.29, 0.717) is 0 Å². The van der Waals surface area contributed by atoms with Crippen molar-refractivity contribution in [2.24, 2.45) is 0 Å². The number of halogens is 25. The van der Waals surface area contributed by atoms with Gasteiger partial charge in [-0.25, -0.2) is 0 Å². The van der Waals surface area contributed by atoms with Crippen LogP contribution in [0.25, 0.3) is 0 Å². The molecule has 0 aliphatic rings. The van der Waals surface area contributed by atoms with Crippen molar-refractivity contribution < 1.29 is 136 Å². The van der Waals surface area contributed by atoms with Gasteiger partial charge in [-0.1, -0.05) is 0 Å². The van der Waals surface area contributed by atoms with Crippen molar-refractivity contribution in [3.8, 4) is 0 Å². The fourth-order valence-electron chi connectivity index (χ4n) is 4.52. The highest BCUT2D eigenvalue weighted by Gasteiger charge is 3.01. The van der Waals surface area contributed by atoms with Crippen LogP contribution in [0.1, 0.15) is 48.5 Å². The molecule has 0 aliphatic carbocycles. The van der Waals surface area contributed by atoms with Crippen LogP contribution < -0.4 is 0 Å². The maximum atomic E-state index is 14.6. The first-order chi connectivity index (χ1) is 25.4. The van der Waals surface area contributed by atoms with Crippen molar-refractivity contribution >= 4 is 17.6 Å². The minimum absolute atomic E-state index is 0.752. The molecule has 0 fully saturated rings. The Hall–Kier alpha value is -1.56. The zero-order valence-corrected chi connectivity index (χ0v) is 32.1. The van der Waals surface area contributed by atoms with Gasteiger partial charge in [0.1, 0.15) is 0 Å². The largest absolute Gasteiger partial charge is 0.582 e. The molecule has 6 nitrogen and oxygen atoms in total. The van der Waals surface area contributed by atoms with Gasteiger partial charge in [-0.05, 0) is 41.5 Å². The molecule has 0 saturated heterocycles. The lowest BCUT2D eigenvalue weighted by Crippen LogP contribution is -2.78. The molecule has 0 aromatic carbocycles. The Balaban J connectivity index is 0. The molecule has 0 aromatic rings. The fraction of sp³-hybridized carbons (Fsp3) is 1.00. The molecule has 0 unspecified atom stereocenters. The van der Waals surface area contributed by atoms with Crippen molar-refractivity contribution in [1.82, 2.24) is 0 Å². The average molecular weight is 961 g/mol. The molecule has 352 valence electrons. The smallest absolute Gasteiger partial charge is 0.373 e. The van der Waals surface area contributed by atoms with Crippen LogP contribution >= 0.6 is 0 Å². The zero-order valence-electron chi connectivity index (χ0n) is 30.1. The molecule has 58 heavy (non-hydrogen) atoms. The lowest BCUT2D eigenvalue weighted by atomic mass is 9.89. The lowest BCUT2D eigenvalue weighted by molar-refractivity contribution is -0.436. The predicted octanol–water partition coefficient (Wildman–Crippen LogP) is 11.1. The van der Waals surface area contributed by atoms with Crippen LogP contribution in [0.5, 0.6) is 0 Å². The Bertz CT molecular complexity index is 1210. The van der Waals surface area contributed by atoms with E-state index in [4.69, 9.17) is 0 Å². The molecule has 0 rings (SSSR count). The molecule has 0 heterocycles. The first kappa shape index (κ1) is 58.5.